The van der Waals surface area contributed by atoms with Crippen molar-refractivity contribution in [1.29, 1.82) is 0 Å². The maximum Gasteiger partial charge on any atom is 0.328 e. The fraction of sp³-hybridized carbons (Fsp3) is 0.0769. The predicted octanol–water partition coefficient (Wildman–Crippen LogP) is 2.80. The molecule has 1 aromatic heterocycles. The van der Waals surface area contributed by atoms with E-state index in [0.29, 0.717) is 0 Å². The van der Waals surface area contributed by atoms with Gasteiger partial charge in [0.2, 0.25) is 0 Å². The van der Waals surface area contributed by atoms with Crippen molar-refractivity contribution in [1.82, 2.24) is 9.97 Å². The highest BCUT2D eigenvalue weighted by Crippen LogP contribution is 2.19. The number of nitrogens with one attached hydrogen (secondary N) is 1. The molecule has 2 aromatic rings. The van der Waals surface area contributed by atoms with Crippen LogP contribution in [0.3, 0.4) is 0 Å². The Hall–Kier alpha value is -2.01. The van der Waals surface area contributed by atoms with Crippen LogP contribution in [0, 0.1) is 0 Å². The molecule has 0 amide bonds. The Morgan fingerprint density at radius 1 is 1.50 bits per heavy atom. The molecule has 0 bridgehead atoms. The fourth-order valence-corrected chi connectivity index (χ4v) is 2.21. The molecule has 0 aliphatic rings. The van der Waals surface area contributed by atoms with Crippen molar-refractivity contribution in [3.63, 3.8) is 0 Å². The summed E-state index contributed by atoms with van der Waals surface area (Å²) in [7, 11) is 0. The number of carboxylic acids is 1. The number of nitrogens with zero attached hydrogens (tertiary/aromatic N) is 1. The third-order valence-electron chi connectivity index (χ3n) is 2.22. The van der Waals surface area contributed by atoms with E-state index in [4.69, 9.17) is 5.11 Å². The van der Waals surface area contributed by atoms with E-state index in [2.05, 4.69) is 9.97 Å². The van der Waals surface area contributed by atoms with E-state index in [9.17, 15) is 4.79 Å². The molecule has 0 fully saturated rings. The Morgan fingerprint density at radius 2 is 2.39 bits per heavy atom. The third kappa shape index (κ3) is 3.78. The van der Waals surface area contributed by atoms with Crippen molar-refractivity contribution in [2.24, 2.45) is 0 Å². The molecule has 0 aliphatic heterocycles. The number of hydrogen-bond donors (Lipinski definition) is 2. The number of thioether (sulfide) groups is 1. The van der Waals surface area contributed by atoms with E-state index in [1.165, 1.54) is 0 Å². The van der Waals surface area contributed by atoms with E-state index in [1.807, 2.05) is 24.3 Å². The van der Waals surface area contributed by atoms with Crippen LogP contribution in [0.5, 0.6) is 0 Å². The minimum Gasteiger partial charge on any atom is -0.478 e. The van der Waals surface area contributed by atoms with E-state index >= 15 is 0 Å². The maximum absolute atomic E-state index is 10.4. The molecule has 0 spiro atoms. The summed E-state index contributed by atoms with van der Waals surface area (Å²) in [5, 5.41) is 9.45. The smallest absolute Gasteiger partial charge is 0.328 e. The molecular formula is C13H12N2O2S. The fourth-order valence-electron chi connectivity index (χ4n) is 1.44. The second-order valence-electron chi connectivity index (χ2n) is 3.60. The van der Waals surface area contributed by atoms with Gasteiger partial charge in [-0.05, 0) is 17.2 Å². The highest BCUT2D eigenvalue weighted by molar-refractivity contribution is 7.98. The van der Waals surface area contributed by atoms with Gasteiger partial charge in [0.25, 0.3) is 0 Å². The van der Waals surface area contributed by atoms with Crippen LogP contribution in [-0.2, 0) is 10.5 Å². The van der Waals surface area contributed by atoms with Gasteiger partial charge < -0.3 is 10.1 Å². The molecule has 4 nitrogen and oxygen atoms in total. The van der Waals surface area contributed by atoms with Crippen LogP contribution >= 0.6 is 11.8 Å². The van der Waals surface area contributed by atoms with Crippen molar-refractivity contribution < 1.29 is 9.90 Å². The number of aromatic nitrogens is 2. The van der Waals surface area contributed by atoms with Crippen LogP contribution in [0.2, 0.25) is 0 Å². The highest BCUT2D eigenvalue weighted by Gasteiger charge is 1.98. The molecule has 0 saturated carbocycles. The van der Waals surface area contributed by atoms with Gasteiger partial charge in [-0.25, -0.2) is 9.78 Å². The molecule has 92 valence electrons. The Morgan fingerprint density at radius 3 is 3.11 bits per heavy atom. The van der Waals surface area contributed by atoms with Crippen LogP contribution < -0.4 is 0 Å². The van der Waals surface area contributed by atoms with E-state index in [-0.39, 0.29) is 0 Å². The molecular weight excluding hydrogens is 248 g/mol. The molecule has 5 heteroatoms. The number of aromatic amines is 1. The van der Waals surface area contributed by atoms with Crippen molar-refractivity contribution in [2.45, 2.75) is 10.9 Å². The van der Waals surface area contributed by atoms with Crippen LogP contribution in [0.15, 0.2) is 47.9 Å². The molecule has 0 unspecified atom stereocenters. The SMILES string of the molecule is O=C(O)/C=C/c1cccc(CSc2ncc[nH]2)c1. The Labute approximate surface area is 109 Å². The number of rotatable bonds is 5. The molecule has 2 rings (SSSR count). The number of carboxylic acid groups (broad SMARTS) is 1. The van der Waals surface area contributed by atoms with Crippen LogP contribution in [0.25, 0.3) is 6.08 Å². The van der Waals surface area contributed by atoms with Crippen LogP contribution in [0.4, 0.5) is 0 Å². The zero-order valence-corrected chi connectivity index (χ0v) is 10.4. The molecule has 1 aromatic carbocycles. The minimum absolute atomic E-state index is 0.794. The molecule has 0 atom stereocenters. The first-order chi connectivity index (χ1) is 8.74. The van der Waals surface area contributed by atoms with Gasteiger partial charge in [-0.15, -0.1) is 0 Å². The van der Waals surface area contributed by atoms with Gasteiger partial charge in [-0.3, -0.25) is 0 Å². The largest absolute Gasteiger partial charge is 0.478 e. The number of H-pyrrole nitrogens is 1. The summed E-state index contributed by atoms with van der Waals surface area (Å²) in [5.74, 6) is -0.146. The first-order valence-corrected chi connectivity index (χ1v) is 6.35. The van der Waals surface area contributed by atoms with Gasteiger partial charge >= 0.3 is 5.97 Å². The summed E-state index contributed by atoms with van der Waals surface area (Å²) in [6.45, 7) is 0. The number of aliphatic carboxylic acids is 1. The lowest BCUT2D eigenvalue weighted by Gasteiger charge is -2.01. The minimum atomic E-state index is -0.939. The first kappa shape index (κ1) is 12.4. The van der Waals surface area contributed by atoms with Crippen LogP contribution in [-0.4, -0.2) is 21.0 Å². The van der Waals surface area contributed by atoms with Gasteiger partial charge in [-0.2, -0.15) is 0 Å². The summed E-state index contributed by atoms with van der Waals surface area (Å²) in [4.78, 5) is 17.6. The van der Waals surface area contributed by atoms with E-state index in [1.54, 1.807) is 30.2 Å². The Kier molecular flexibility index (Phi) is 4.20. The second kappa shape index (κ2) is 6.07. The molecule has 1 heterocycles. The zero-order valence-electron chi connectivity index (χ0n) is 9.54. The average molecular weight is 260 g/mol. The highest BCUT2D eigenvalue weighted by atomic mass is 32.2. The van der Waals surface area contributed by atoms with Crippen LogP contribution in [0.1, 0.15) is 11.1 Å². The number of benzene rings is 1. The second-order valence-corrected chi connectivity index (χ2v) is 4.56. The summed E-state index contributed by atoms with van der Waals surface area (Å²) in [6, 6.07) is 7.77. The van der Waals surface area contributed by atoms with Crippen molar-refractivity contribution in [2.75, 3.05) is 0 Å². The normalized spacial score (nSPS) is 10.9. The molecule has 2 N–H and O–H groups in total. The van der Waals surface area contributed by atoms with Crippen molar-refractivity contribution in [3.05, 3.63) is 53.9 Å². The lowest BCUT2D eigenvalue weighted by atomic mass is 10.1. The lowest BCUT2D eigenvalue weighted by molar-refractivity contribution is -0.131. The van der Waals surface area contributed by atoms with Crippen molar-refractivity contribution >= 4 is 23.8 Å². The molecule has 18 heavy (non-hydrogen) atoms. The van der Waals surface area contributed by atoms with Gasteiger partial charge in [0.1, 0.15) is 0 Å². The van der Waals surface area contributed by atoms with Gasteiger partial charge in [0, 0.05) is 24.2 Å². The molecule has 0 saturated heterocycles. The lowest BCUT2D eigenvalue weighted by Crippen LogP contribution is -1.87. The molecule has 0 aliphatic carbocycles. The van der Waals surface area contributed by atoms with E-state index in [0.717, 1.165) is 28.1 Å². The number of imidazole rings is 1. The number of hydrogen-bond acceptors (Lipinski definition) is 3. The summed E-state index contributed by atoms with van der Waals surface area (Å²) in [6.07, 6.45) is 6.23. The standard InChI is InChI=1S/C13H12N2O2S/c16-12(17)5-4-10-2-1-3-11(8-10)9-18-13-14-6-7-15-13/h1-8H,9H2,(H,14,15)(H,16,17)/b5-4+. The Balaban J connectivity index is 2.01. The number of carbonyl (C=O) groups is 1. The molecule has 0 radical (unpaired) electrons. The monoisotopic (exact) mass is 260 g/mol. The zero-order chi connectivity index (χ0) is 12.8. The first-order valence-electron chi connectivity index (χ1n) is 5.36. The predicted molar refractivity (Wildman–Crippen MR) is 71.3 cm³/mol. The van der Waals surface area contributed by atoms with Gasteiger partial charge in [0.05, 0.1) is 0 Å². The maximum atomic E-state index is 10.4. The summed E-state index contributed by atoms with van der Waals surface area (Å²) >= 11 is 1.61. The topological polar surface area (TPSA) is 66.0 Å². The third-order valence-corrected chi connectivity index (χ3v) is 3.19. The summed E-state index contributed by atoms with van der Waals surface area (Å²) in [5.41, 5.74) is 2.01. The summed E-state index contributed by atoms with van der Waals surface area (Å²) < 4.78 is 0. The van der Waals surface area contributed by atoms with Gasteiger partial charge in [-0.1, -0.05) is 36.0 Å². The van der Waals surface area contributed by atoms with Gasteiger partial charge in [0.15, 0.2) is 5.16 Å². The Bertz CT molecular complexity index is 550. The average Bonchev–Trinajstić information content (AvgIpc) is 2.87. The van der Waals surface area contributed by atoms with Crippen molar-refractivity contribution in [3.8, 4) is 0 Å². The quantitative estimate of drug-likeness (QED) is 0.641. The van der Waals surface area contributed by atoms with E-state index < -0.39 is 5.97 Å².